The van der Waals surface area contributed by atoms with E-state index in [0.29, 0.717) is 47.8 Å². The first kappa shape index (κ1) is 28.0. The molecule has 1 atom stereocenters. The van der Waals surface area contributed by atoms with E-state index in [9.17, 15) is 14.7 Å². The number of halogens is 1. The first-order chi connectivity index (χ1) is 19.8. The average molecular weight is 554 g/mol. The zero-order valence-electron chi connectivity index (χ0n) is 23.3. The third kappa shape index (κ3) is 5.83. The van der Waals surface area contributed by atoms with Crippen LogP contribution in [0.5, 0.6) is 5.75 Å². The van der Waals surface area contributed by atoms with E-state index in [1.165, 1.54) is 13.2 Å². The fraction of sp³-hybridized carbons (Fsp3) is 0.242. The summed E-state index contributed by atoms with van der Waals surface area (Å²) in [5.74, 6) is -1.50. The molecule has 1 aliphatic rings. The minimum absolute atomic E-state index is 0.286. The lowest BCUT2D eigenvalue weighted by Gasteiger charge is -2.20. The number of aromatic nitrogens is 1. The lowest BCUT2D eigenvalue weighted by atomic mass is 9.90. The predicted octanol–water partition coefficient (Wildman–Crippen LogP) is 6.34. The van der Waals surface area contributed by atoms with Crippen molar-refractivity contribution < 1.29 is 23.8 Å². The Bertz CT molecular complexity index is 1610. The summed E-state index contributed by atoms with van der Waals surface area (Å²) in [6, 6.07) is 20.2. The fourth-order valence-corrected chi connectivity index (χ4v) is 5.49. The minimum atomic E-state index is -0.818. The number of hydrogen-bond acceptors (Lipinski definition) is 5. The van der Waals surface area contributed by atoms with Crippen LogP contribution in [0.2, 0.25) is 0 Å². The molecule has 210 valence electrons. The molecule has 2 heterocycles. The van der Waals surface area contributed by atoms with Gasteiger partial charge in [0.25, 0.3) is 5.91 Å². The molecule has 3 aromatic carbocycles. The van der Waals surface area contributed by atoms with E-state index in [-0.39, 0.29) is 12.5 Å². The van der Waals surface area contributed by atoms with Crippen LogP contribution in [-0.4, -0.2) is 47.1 Å². The number of anilines is 1. The highest BCUT2D eigenvalue weighted by molar-refractivity contribution is 6.03. The topological polar surface area (TPSA) is 91.8 Å². The Labute approximate surface area is 238 Å². The number of amides is 1. The van der Waals surface area contributed by atoms with Gasteiger partial charge in [-0.05, 0) is 90.5 Å². The molecule has 0 aliphatic carbocycles. The van der Waals surface area contributed by atoms with Crippen molar-refractivity contribution >= 4 is 17.6 Å². The van der Waals surface area contributed by atoms with Crippen LogP contribution in [0.4, 0.5) is 10.1 Å². The summed E-state index contributed by atoms with van der Waals surface area (Å²) >= 11 is 0. The SMILES string of the molecule is COc1cc(-c2cccc(-c3cccc(NC(=O)c4ccccn4)c3C)c2C)cc(F)c1CN1CC[C@@H](C(=O)O)C1. The monoisotopic (exact) mass is 553 g/mol. The molecule has 0 bridgehead atoms. The number of aliphatic carboxylic acids is 1. The summed E-state index contributed by atoms with van der Waals surface area (Å²) in [5, 5.41) is 12.3. The predicted molar refractivity (Wildman–Crippen MR) is 157 cm³/mol. The van der Waals surface area contributed by atoms with Crippen molar-refractivity contribution in [3.05, 3.63) is 101 Å². The molecule has 0 spiro atoms. The highest BCUT2D eigenvalue weighted by Gasteiger charge is 2.29. The number of likely N-dealkylation sites (tertiary alicyclic amines) is 1. The fourth-order valence-electron chi connectivity index (χ4n) is 5.49. The maximum absolute atomic E-state index is 15.6. The van der Waals surface area contributed by atoms with E-state index < -0.39 is 17.7 Å². The second-order valence-corrected chi connectivity index (χ2v) is 10.3. The molecule has 5 rings (SSSR count). The molecule has 1 aliphatic heterocycles. The van der Waals surface area contributed by atoms with Gasteiger partial charge in [0.05, 0.1) is 13.0 Å². The molecule has 1 amide bonds. The van der Waals surface area contributed by atoms with Gasteiger partial charge in [0.1, 0.15) is 17.3 Å². The number of nitrogens with zero attached hydrogens (tertiary/aromatic N) is 2. The van der Waals surface area contributed by atoms with Crippen molar-refractivity contribution in [2.45, 2.75) is 26.8 Å². The van der Waals surface area contributed by atoms with Gasteiger partial charge in [-0.2, -0.15) is 0 Å². The summed E-state index contributed by atoms with van der Waals surface area (Å²) in [6.45, 7) is 5.23. The molecule has 0 saturated carbocycles. The van der Waals surface area contributed by atoms with E-state index in [0.717, 1.165) is 27.8 Å². The molecule has 41 heavy (non-hydrogen) atoms. The quantitative estimate of drug-likeness (QED) is 0.265. The van der Waals surface area contributed by atoms with Gasteiger partial charge in [-0.25, -0.2) is 4.39 Å². The van der Waals surface area contributed by atoms with E-state index in [1.54, 1.807) is 24.4 Å². The number of methoxy groups -OCH3 is 1. The van der Waals surface area contributed by atoms with Crippen molar-refractivity contribution in [2.75, 3.05) is 25.5 Å². The van der Waals surface area contributed by atoms with E-state index >= 15 is 4.39 Å². The van der Waals surface area contributed by atoms with Crippen molar-refractivity contribution in [3.63, 3.8) is 0 Å². The number of benzene rings is 3. The van der Waals surface area contributed by atoms with Crippen molar-refractivity contribution in [2.24, 2.45) is 5.92 Å². The van der Waals surface area contributed by atoms with Crippen molar-refractivity contribution in [1.29, 1.82) is 0 Å². The molecule has 1 saturated heterocycles. The Balaban J connectivity index is 1.45. The second-order valence-electron chi connectivity index (χ2n) is 10.3. The van der Waals surface area contributed by atoms with Crippen LogP contribution in [0.15, 0.2) is 72.9 Å². The van der Waals surface area contributed by atoms with Gasteiger partial charge in [-0.15, -0.1) is 0 Å². The number of pyridine rings is 1. The lowest BCUT2D eigenvalue weighted by molar-refractivity contribution is -0.141. The first-order valence-corrected chi connectivity index (χ1v) is 13.5. The molecule has 1 fully saturated rings. The molecular weight excluding hydrogens is 521 g/mol. The van der Waals surface area contributed by atoms with Crippen molar-refractivity contribution in [1.82, 2.24) is 9.88 Å². The lowest BCUT2D eigenvalue weighted by Crippen LogP contribution is -2.23. The Kier molecular flexibility index (Phi) is 8.12. The van der Waals surface area contributed by atoms with Crippen LogP contribution in [0.1, 0.15) is 33.6 Å². The van der Waals surface area contributed by atoms with Crippen LogP contribution in [-0.2, 0) is 11.3 Å². The average Bonchev–Trinajstić information content (AvgIpc) is 3.45. The Hall–Kier alpha value is -4.56. The third-order valence-electron chi connectivity index (χ3n) is 7.79. The number of carboxylic acid groups (broad SMARTS) is 1. The molecule has 8 heteroatoms. The summed E-state index contributed by atoms with van der Waals surface area (Å²) in [5.41, 5.74) is 6.77. The molecule has 4 aromatic rings. The molecule has 0 unspecified atom stereocenters. The number of nitrogens with one attached hydrogen (secondary N) is 1. The van der Waals surface area contributed by atoms with Gasteiger partial charge in [0, 0.05) is 30.5 Å². The van der Waals surface area contributed by atoms with Gasteiger partial charge in [-0.1, -0.05) is 36.4 Å². The van der Waals surface area contributed by atoms with Gasteiger partial charge >= 0.3 is 5.97 Å². The molecule has 1 aromatic heterocycles. The van der Waals surface area contributed by atoms with Crippen LogP contribution >= 0.6 is 0 Å². The number of hydrogen-bond donors (Lipinski definition) is 2. The van der Waals surface area contributed by atoms with Gasteiger partial charge in [-0.3, -0.25) is 19.5 Å². The van der Waals surface area contributed by atoms with Gasteiger partial charge in [0.15, 0.2) is 0 Å². The second kappa shape index (κ2) is 11.9. The highest BCUT2D eigenvalue weighted by atomic mass is 19.1. The summed E-state index contributed by atoms with van der Waals surface area (Å²) in [6.07, 6.45) is 2.13. The minimum Gasteiger partial charge on any atom is -0.496 e. The van der Waals surface area contributed by atoms with Crippen LogP contribution in [0, 0.1) is 25.6 Å². The number of carboxylic acids is 1. The first-order valence-electron chi connectivity index (χ1n) is 13.5. The van der Waals surface area contributed by atoms with Crippen LogP contribution in [0.25, 0.3) is 22.3 Å². The summed E-state index contributed by atoms with van der Waals surface area (Å²) in [7, 11) is 1.52. The summed E-state index contributed by atoms with van der Waals surface area (Å²) < 4.78 is 21.2. The van der Waals surface area contributed by atoms with Gasteiger partial charge < -0.3 is 15.2 Å². The number of ether oxygens (including phenoxy) is 1. The molecule has 2 N–H and O–H groups in total. The van der Waals surface area contributed by atoms with Crippen LogP contribution in [0.3, 0.4) is 0 Å². The molecule has 0 radical (unpaired) electrons. The molecule has 7 nitrogen and oxygen atoms in total. The van der Waals surface area contributed by atoms with E-state index in [1.807, 2.05) is 61.2 Å². The largest absolute Gasteiger partial charge is 0.496 e. The normalized spacial score (nSPS) is 15.1. The van der Waals surface area contributed by atoms with Gasteiger partial charge in [0.2, 0.25) is 0 Å². The van der Waals surface area contributed by atoms with Crippen LogP contribution < -0.4 is 10.1 Å². The number of carbonyl (C=O) groups is 2. The van der Waals surface area contributed by atoms with E-state index in [2.05, 4.69) is 10.3 Å². The Morgan fingerprint density at radius 3 is 2.44 bits per heavy atom. The number of rotatable bonds is 8. The zero-order chi connectivity index (χ0) is 29.1. The Morgan fingerprint density at radius 1 is 1.02 bits per heavy atom. The summed E-state index contributed by atoms with van der Waals surface area (Å²) in [4.78, 5) is 30.2. The zero-order valence-corrected chi connectivity index (χ0v) is 23.3. The maximum atomic E-state index is 15.6. The smallest absolute Gasteiger partial charge is 0.307 e. The maximum Gasteiger partial charge on any atom is 0.307 e. The van der Waals surface area contributed by atoms with E-state index in [4.69, 9.17) is 4.74 Å². The highest BCUT2D eigenvalue weighted by Crippen LogP contribution is 2.38. The third-order valence-corrected chi connectivity index (χ3v) is 7.79. The standard InChI is InChI=1S/C33H32FN3O4/c1-20-24(23-16-28(34)27(31(17-23)41-3)19-37-15-13-22(18-37)33(39)40)8-6-9-25(20)26-10-7-12-29(21(26)2)36-32(38)30-11-4-5-14-35-30/h4-12,14,16-17,22H,13,15,18-19H2,1-3H3,(H,36,38)(H,39,40)/t22-/m1/s1. The molecular formula is C33H32FN3O4. The Morgan fingerprint density at radius 2 is 1.76 bits per heavy atom. The number of carbonyl (C=O) groups excluding carboxylic acids is 1. The van der Waals surface area contributed by atoms with Crippen molar-refractivity contribution in [3.8, 4) is 28.0 Å².